The van der Waals surface area contributed by atoms with Gasteiger partial charge in [-0.25, -0.2) is 0 Å². The molecule has 5 heteroatoms. The first-order chi connectivity index (χ1) is 7.58. The van der Waals surface area contributed by atoms with Crippen LogP contribution in [0.15, 0.2) is 18.2 Å². The van der Waals surface area contributed by atoms with Crippen LogP contribution < -0.4 is 15.2 Å². The van der Waals surface area contributed by atoms with Gasteiger partial charge < -0.3 is 20.3 Å². The van der Waals surface area contributed by atoms with E-state index in [1.807, 2.05) is 0 Å². The summed E-state index contributed by atoms with van der Waals surface area (Å²) in [6, 6.07) is 3.02. The van der Waals surface area contributed by atoms with Crippen LogP contribution in [-0.2, 0) is 4.79 Å². The average molecular weight is 223 g/mol. The third-order valence-electron chi connectivity index (χ3n) is 1.96. The van der Waals surface area contributed by atoms with Gasteiger partial charge in [-0.1, -0.05) is 0 Å². The molecule has 0 spiro atoms. The maximum absolute atomic E-state index is 10.6. The first kappa shape index (κ1) is 11.9. The van der Waals surface area contributed by atoms with E-state index in [4.69, 9.17) is 15.2 Å². The number of hydrogen-bond donors (Lipinski definition) is 2. The number of aromatic hydroxyl groups is 1. The van der Waals surface area contributed by atoms with Crippen molar-refractivity contribution in [1.29, 1.82) is 0 Å². The Balaban J connectivity index is 3.21. The van der Waals surface area contributed by atoms with Gasteiger partial charge in [-0.15, -0.1) is 0 Å². The van der Waals surface area contributed by atoms with E-state index in [-0.39, 0.29) is 5.75 Å². The van der Waals surface area contributed by atoms with Gasteiger partial charge in [-0.05, 0) is 6.08 Å². The molecule has 0 aliphatic carbocycles. The Morgan fingerprint density at radius 1 is 1.38 bits per heavy atom. The molecule has 16 heavy (non-hydrogen) atoms. The van der Waals surface area contributed by atoms with Crippen LogP contribution in [0, 0.1) is 0 Å². The van der Waals surface area contributed by atoms with Crippen molar-refractivity contribution in [3.63, 3.8) is 0 Å². The largest absolute Gasteiger partial charge is 0.507 e. The lowest BCUT2D eigenvalue weighted by molar-refractivity contribution is -0.113. The first-order valence-corrected chi connectivity index (χ1v) is 4.51. The molecule has 1 amide bonds. The molecule has 0 saturated carbocycles. The normalized spacial score (nSPS) is 10.4. The van der Waals surface area contributed by atoms with Crippen molar-refractivity contribution in [3.05, 3.63) is 23.8 Å². The summed E-state index contributed by atoms with van der Waals surface area (Å²) >= 11 is 0. The summed E-state index contributed by atoms with van der Waals surface area (Å²) in [5.74, 6) is 0.214. The molecule has 0 saturated heterocycles. The molecule has 0 fully saturated rings. The van der Waals surface area contributed by atoms with Gasteiger partial charge in [0.2, 0.25) is 5.91 Å². The van der Waals surface area contributed by atoms with Gasteiger partial charge in [0.05, 0.1) is 19.8 Å². The molecule has 86 valence electrons. The Kier molecular flexibility index (Phi) is 3.77. The van der Waals surface area contributed by atoms with E-state index in [0.717, 1.165) is 6.08 Å². The third kappa shape index (κ3) is 2.66. The number of benzene rings is 1. The van der Waals surface area contributed by atoms with E-state index in [1.165, 1.54) is 26.4 Å². The zero-order valence-corrected chi connectivity index (χ0v) is 9.06. The van der Waals surface area contributed by atoms with E-state index in [2.05, 4.69) is 0 Å². The van der Waals surface area contributed by atoms with E-state index >= 15 is 0 Å². The van der Waals surface area contributed by atoms with Gasteiger partial charge in [0.25, 0.3) is 0 Å². The minimum absolute atomic E-state index is 0.0475. The van der Waals surface area contributed by atoms with Crippen molar-refractivity contribution in [2.75, 3.05) is 14.2 Å². The van der Waals surface area contributed by atoms with Gasteiger partial charge in [0, 0.05) is 18.2 Å². The molecule has 0 unspecified atom stereocenters. The van der Waals surface area contributed by atoms with Crippen LogP contribution in [-0.4, -0.2) is 25.2 Å². The lowest BCUT2D eigenvalue weighted by Crippen LogP contribution is -2.05. The Bertz CT molecular complexity index is 426. The van der Waals surface area contributed by atoms with Crippen LogP contribution in [0.2, 0.25) is 0 Å². The molecule has 0 atom stereocenters. The Hall–Kier alpha value is -2.17. The van der Waals surface area contributed by atoms with E-state index < -0.39 is 5.91 Å². The second kappa shape index (κ2) is 5.06. The number of rotatable bonds is 4. The minimum Gasteiger partial charge on any atom is -0.507 e. The molecule has 0 aliphatic rings. The monoisotopic (exact) mass is 223 g/mol. The number of primary amides is 1. The van der Waals surface area contributed by atoms with Crippen LogP contribution in [0.3, 0.4) is 0 Å². The lowest BCUT2D eigenvalue weighted by Gasteiger charge is -2.09. The van der Waals surface area contributed by atoms with Gasteiger partial charge >= 0.3 is 0 Å². The highest BCUT2D eigenvalue weighted by molar-refractivity contribution is 5.91. The quantitative estimate of drug-likeness (QED) is 0.743. The zero-order chi connectivity index (χ0) is 12.1. The fourth-order valence-electron chi connectivity index (χ4n) is 1.21. The third-order valence-corrected chi connectivity index (χ3v) is 1.96. The first-order valence-electron chi connectivity index (χ1n) is 4.51. The molecule has 0 heterocycles. The number of nitrogens with two attached hydrogens (primary N) is 1. The summed E-state index contributed by atoms with van der Waals surface area (Å²) in [7, 11) is 2.93. The highest BCUT2D eigenvalue weighted by atomic mass is 16.5. The van der Waals surface area contributed by atoms with E-state index in [9.17, 15) is 9.90 Å². The summed E-state index contributed by atoms with van der Waals surface area (Å²) in [5.41, 5.74) is 5.34. The minimum atomic E-state index is -0.600. The smallest absolute Gasteiger partial charge is 0.241 e. The average Bonchev–Trinajstić information content (AvgIpc) is 2.26. The molecular weight excluding hydrogens is 210 g/mol. The zero-order valence-electron chi connectivity index (χ0n) is 9.06. The van der Waals surface area contributed by atoms with Gasteiger partial charge in [-0.3, -0.25) is 4.79 Å². The highest BCUT2D eigenvalue weighted by Gasteiger charge is 2.09. The summed E-state index contributed by atoms with van der Waals surface area (Å²) in [5, 5.41) is 9.68. The fourth-order valence-corrected chi connectivity index (χ4v) is 1.21. The number of carbonyl (C=O) groups excluding carboxylic acids is 1. The van der Waals surface area contributed by atoms with Crippen molar-refractivity contribution < 1.29 is 19.4 Å². The molecule has 0 radical (unpaired) electrons. The Labute approximate surface area is 93.1 Å². The highest BCUT2D eigenvalue weighted by Crippen LogP contribution is 2.34. The molecule has 1 aromatic carbocycles. The number of methoxy groups -OCH3 is 2. The van der Waals surface area contributed by atoms with Crippen LogP contribution in [0.25, 0.3) is 6.08 Å². The number of phenols is 1. The van der Waals surface area contributed by atoms with Crippen molar-refractivity contribution in [1.82, 2.24) is 0 Å². The molecule has 0 bridgehead atoms. The summed E-state index contributed by atoms with van der Waals surface area (Å²) < 4.78 is 10.0. The number of amides is 1. The van der Waals surface area contributed by atoms with Gasteiger partial charge in [0.1, 0.15) is 17.2 Å². The van der Waals surface area contributed by atoms with E-state index in [0.29, 0.717) is 17.1 Å². The molecule has 0 aromatic heterocycles. The lowest BCUT2D eigenvalue weighted by atomic mass is 10.1. The Morgan fingerprint density at radius 2 is 2.06 bits per heavy atom. The number of phenolic OH excluding ortho intramolecular Hbond substituents is 1. The van der Waals surface area contributed by atoms with Gasteiger partial charge in [-0.2, -0.15) is 0 Å². The van der Waals surface area contributed by atoms with Crippen molar-refractivity contribution in [2.45, 2.75) is 0 Å². The standard InChI is InChI=1S/C11H13NO4/c1-15-7-5-9(13)8(3-4-11(12)14)10(6-7)16-2/h3-6,13H,1-2H3,(H2,12,14). The topological polar surface area (TPSA) is 81.8 Å². The van der Waals surface area contributed by atoms with Crippen molar-refractivity contribution in [3.8, 4) is 17.2 Å². The SMILES string of the molecule is COc1cc(O)c(C=CC(N)=O)c(OC)c1. The molecule has 5 nitrogen and oxygen atoms in total. The molecule has 1 rings (SSSR count). The maximum atomic E-state index is 10.6. The van der Waals surface area contributed by atoms with Crippen molar-refractivity contribution >= 4 is 12.0 Å². The van der Waals surface area contributed by atoms with Crippen LogP contribution in [0.5, 0.6) is 17.2 Å². The molecule has 3 N–H and O–H groups in total. The maximum Gasteiger partial charge on any atom is 0.241 e. The van der Waals surface area contributed by atoms with Crippen LogP contribution in [0.4, 0.5) is 0 Å². The number of hydrogen-bond acceptors (Lipinski definition) is 4. The molecule has 0 aliphatic heterocycles. The summed E-state index contributed by atoms with van der Waals surface area (Å²) in [6.07, 6.45) is 2.53. The predicted octanol–water partition coefficient (Wildman–Crippen LogP) is 0.908. The Morgan fingerprint density at radius 3 is 2.56 bits per heavy atom. The van der Waals surface area contributed by atoms with E-state index in [1.54, 1.807) is 6.07 Å². The second-order valence-electron chi connectivity index (χ2n) is 3.00. The predicted molar refractivity (Wildman–Crippen MR) is 59.4 cm³/mol. The number of carbonyl (C=O) groups is 1. The molecule has 1 aromatic rings. The summed E-state index contributed by atoms with van der Waals surface area (Å²) in [4.78, 5) is 10.6. The summed E-state index contributed by atoms with van der Waals surface area (Å²) in [6.45, 7) is 0. The number of ether oxygens (including phenoxy) is 2. The molecular formula is C11H13NO4. The van der Waals surface area contributed by atoms with Crippen LogP contribution in [0.1, 0.15) is 5.56 Å². The van der Waals surface area contributed by atoms with Crippen LogP contribution >= 0.6 is 0 Å². The van der Waals surface area contributed by atoms with Crippen molar-refractivity contribution in [2.24, 2.45) is 5.73 Å². The second-order valence-corrected chi connectivity index (χ2v) is 3.00. The fraction of sp³-hybridized carbons (Fsp3) is 0.182. The van der Waals surface area contributed by atoms with Gasteiger partial charge in [0.15, 0.2) is 0 Å².